The summed E-state index contributed by atoms with van der Waals surface area (Å²) in [4.78, 5) is 44.0. The molecular formula is C25H28F6N4O5. The van der Waals surface area contributed by atoms with Crippen LogP contribution in [0.5, 0.6) is 0 Å². The molecule has 0 saturated carbocycles. The number of carboxylic acids is 2. The SMILES string of the molecule is Cc1cccc(CN2C(=O)CCC23CCN(Cc2ccccn2)CC3)n1.O=C(O)C(F)(F)F.O=C(O)C(F)(F)F. The molecule has 0 radical (unpaired) electrons. The maximum atomic E-state index is 12.6. The second-order valence-corrected chi connectivity index (χ2v) is 9.18. The van der Waals surface area contributed by atoms with Crippen LogP contribution in [0.4, 0.5) is 26.3 Å². The Labute approximate surface area is 225 Å². The lowest BCUT2D eigenvalue weighted by Gasteiger charge is -2.45. The van der Waals surface area contributed by atoms with Gasteiger partial charge < -0.3 is 15.1 Å². The Balaban J connectivity index is 0.000000333. The lowest BCUT2D eigenvalue weighted by atomic mass is 9.84. The molecule has 40 heavy (non-hydrogen) atoms. The Morgan fingerprint density at radius 1 is 0.875 bits per heavy atom. The third-order valence-corrected chi connectivity index (χ3v) is 6.33. The van der Waals surface area contributed by atoms with Gasteiger partial charge in [-0.25, -0.2) is 9.59 Å². The van der Waals surface area contributed by atoms with Crippen LogP contribution in [0.2, 0.25) is 0 Å². The van der Waals surface area contributed by atoms with Crippen LogP contribution in [0.3, 0.4) is 0 Å². The molecule has 2 aromatic heterocycles. The van der Waals surface area contributed by atoms with Crippen molar-refractivity contribution in [3.8, 4) is 0 Å². The number of pyridine rings is 2. The van der Waals surface area contributed by atoms with E-state index >= 15 is 0 Å². The number of carboxylic acid groups (broad SMARTS) is 2. The van der Waals surface area contributed by atoms with E-state index in [-0.39, 0.29) is 11.4 Å². The summed E-state index contributed by atoms with van der Waals surface area (Å²) < 4.78 is 63.5. The topological polar surface area (TPSA) is 124 Å². The van der Waals surface area contributed by atoms with Crippen molar-refractivity contribution in [3.63, 3.8) is 0 Å². The Kier molecular flexibility index (Phi) is 11.0. The number of aryl methyl sites for hydroxylation is 1. The van der Waals surface area contributed by atoms with E-state index in [1.54, 1.807) is 0 Å². The summed E-state index contributed by atoms with van der Waals surface area (Å²) in [5.74, 6) is -5.23. The van der Waals surface area contributed by atoms with Crippen LogP contribution >= 0.6 is 0 Å². The maximum Gasteiger partial charge on any atom is 0.490 e. The molecule has 2 aromatic rings. The highest BCUT2D eigenvalue weighted by atomic mass is 19.4. The number of aliphatic carboxylic acids is 2. The fourth-order valence-corrected chi connectivity index (χ4v) is 4.35. The number of carbonyl (C=O) groups excluding carboxylic acids is 1. The second-order valence-electron chi connectivity index (χ2n) is 9.18. The average Bonchev–Trinajstić information content (AvgIpc) is 3.16. The first-order chi connectivity index (χ1) is 18.5. The standard InChI is InChI=1S/C21H26N4O.2C2HF3O2/c1-17-5-4-7-19(23-17)16-25-20(26)8-9-21(25)10-13-24(14-11-21)15-18-6-2-3-12-22-18;2*3-2(4,5)1(6)7/h2-7,12H,8-11,13-16H2,1H3;2*(H,6,7). The van der Waals surface area contributed by atoms with Crippen molar-refractivity contribution < 1.29 is 50.9 Å². The molecule has 2 aliphatic heterocycles. The number of nitrogens with zero attached hydrogens (tertiary/aromatic N) is 4. The molecule has 0 unspecified atom stereocenters. The second kappa shape index (κ2) is 13.5. The normalized spacial score (nSPS) is 17.0. The fourth-order valence-electron chi connectivity index (χ4n) is 4.35. The molecule has 2 saturated heterocycles. The molecule has 0 bridgehead atoms. The molecule has 2 fully saturated rings. The Morgan fingerprint density at radius 3 is 1.90 bits per heavy atom. The first-order valence-electron chi connectivity index (χ1n) is 12.0. The number of hydrogen-bond donors (Lipinski definition) is 2. The van der Waals surface area contributed by atoms with Gasteiger partial charge in [-0.3, -0.25) is 19.7 Å². The molecule has 1 amide bonds. The number of carbonyl (C=O) groups is 3. The smallest absolute Gasteiger partial charge is 0.475 e. The zero-order valence-electron chi connectivity index (χ0n) is 21.4. The number of amides is 1. The molecular weight excluding hydrogens is 550 g/mol. The van der Waals surface area contributed by atoms with Crippen molar-refractivity contribution in [3.05, 3.63) is 59.7 Å². The predicted molar refractivity (Wildman–Crippen MR) is 128 cm³/mol. The number of alkyl halides is 6. The summed E-state index contributed by atoms with van der Waals surface area (Å²) >= 11 is 0. The quantitative estimate of drug-likeness (QED) is 0.518. The summed E-state index contributed by atoms with van der Waals surface area (Å²) in [7, 11) is 0. The van der Waals surface area contributed by atoms with Gasteiger partial charge in [0.2, 0.25) is 5.91 Å². The summed E-state index contributed by atoms with van der Waals surface area (Å²) in [5, 5.41) is 14.2. The summed E-state index contributed by atoms with van der Waals surface area (Å²) in [6, 6.07) is 12.1. The molecule has 0 atom stereocenters. The molecule has 2 aliphatic rings. The molecule has 2 N–H and O–H groups in total. The van der Waals surface area contributed by atoms with Crippen LogP contribution in [0.15, 0.2) is 42.6 Å². The van der Waals surface area contributed by atoms with Gasteiger partial charge in [0.25, 0.3) is 0 Å². The number of rotatable bonds is 4. The van der Waals surface area contributed by atoms with Gasteiger partial charge in [0.15, 0.2) is 0 Å². The number of piperidine rings is 1. The number of halogens is 6. The van der Waals surface area contributed by atoms with Crippen molar-refractivity contribution in [1.82, 2.24) is 19.8 Å². The Bertz CT molecular complexity index is 1130. The third-order valence-electron chi connectivity index (χ3n) is 6.33. The molecule has 15 heteroatoms. The highest BCUT2D eigenvalue weighted by molar-refractivity contribution is 5.79. The van der Waals surface area contributed by atoms with Crippen LogP contribution in [0.25, 0.3) is 0 Å². The van der Waals surface area contributed by atoms with Crippen molar-refractivity contribution in [2.75, 3.05) is 13.1 Å². The van der Waals surface area contributed by atoms with E-state index in [9.17, 15) is 31.1 Å². The molecule has 0 aromatic carbocycles. The molecule has 4 heterocycles. The fraction of sp³-hybridized carbons (Fsp3) is 0.480. The van der Waals surface area contributed by atoms with Crippen molar-refractivity contribution in [2.24, 2.45) is 0 Å². The molecule has 0 aliphatic carbocycles. The average molecular weight is 579 g/mol. The number of hydrogen-bond acceptors (Lipinski definition) is 6. The summed E-state index contributed by atoms with van der Waals surface area (Å²) in [6.07, 6.45) is -4.58. The molecule has 1 spiro atoms. The van der Waals surface area contributed by atoms with Gasteiger partial charge in [-0.15, -0.1) is 0 Å². The van der Waals surface area contributed by atoms with E-state index in [0.717, 1.165) is 56.0 Å². The van der Waals surface area contributed by atoms with Gasteiger partial charge in [0.1, 0.15) is 0 Å². The van der Waals surface area contributed by atoms with Crippen LogP contribution in [-0.4, -0.2) is 78.8 Å². The monoisotopic (exact) mass is 578 g/mol. The third kappa shape index (κ3) is 9.77. The van der Waals surface area contributed by atoms with Crippen molar-refractivity contribution in [2.45, 2.75) is 63.6 Å². The van der Waals surface area contributed by atoms with Gasteiger partial charge in [0, 0.05) is 43.5 Å². The Hall–Kier alpha value is -3.75. The minimum Gasteiger partial charge on any atom is -0.475 e. The van der Waals surface area contributed by atoms with Crippen LogP contribution in [0, 0.1) is 6.92 Å². The van der Waals surface area contributed by atoms with Gasteiger partial charge in [-0.2, -0.15) is 26.3 Å². The lowest BCUT2D eigenvalue weighted by molar-refractivity contribution is -0.193. The van der Waals surface area contributed by atoms with Crippen LogP contribution in [-0.2, 0) is 27.5 Å². The van der Waals surface area contributed by atoms with Gasteiger partial charge in [0.05, 0.1) is 17.9 Å². The molecule has 9 nitrogen and oxygen atoms in total. The molecule has 4 rings (SSSR count). The first-order valence-corrected chi connectivity index (χ1v) is 12.0. The summed E-state index contributed by atoms with van der Waals surface area (Å²) in [5.41, 5.74) is 3.14. The van der Waals surface area contributed by atoms with Crippen molar-refractivity contribution >= 4 is 17.8 Å². The first kappa shape index (κ1) is 32.5. The highest BCUT2D eigenvalue weighted by Gasteiger charge is 2.46. The number of likely N-dealkylation sites (tertiary alicyclic amines) is 2. The molecule has 220 valence electrons. The number of aromatic nitrogens is 2. The zero-order valence-corrected chi connectivity index (χ0v) is 21.4. The zero-order chi connectivity index (χ0) is 30.1. The Morgan fingerprint density at radius 2 is 1.43 bits per heavy atom. The highest BCUT2D eigenvalue weighted by Crippen LogP contribution is 2.40. The van der Waals surface area contributed by atoms with E-state index in [0.29, 0.717) is 13.0 Å². The van der Waals surface area contributed by atoms with Crippen LogP contribution in [0.1, 0.15) is 42.8 Å². The minimum absolute atomic E-state index is 0.0170. The van der Waals surface area contributed by atoms with Crippen LogP contribution < -0.4 is 0 Å². The minimum atomic E-state index is -5.08. The predicted octanol–water partition coefficient (Wildman–Crippen LogP) is 4.21. The van der Waals surface area contributed by atoms with E-state index in [2.05, 4.69) is 25.8 Å². The van der Waals surface area contributed by atoms with Gasteiger partial charge in [-0.1, -0.05) is 12.1 Å². The van der Waals surface area contributed by atoms with E-state index in [1.807, 2.05) is 43.5 Å². The largest absolute Gasteiger partial charge is 0.490 e. The maximum absolute atomic E-state index is 12.6. The van der Waals surface area contributed by atoms with E-state index < -0.39 is 24.3 Å². The van der Waals surface area contributed by atoms with E-state index in [4.69, 9.17) is 19.8 Å². The van der Waals surface area contributed by atoms with Gasteiger partial charge >= 0.3 is 24.3 Å². The lowest BCUT2D eigenvalue weighted by Crippen LogP contribution is -2.52. The van der Waals surface area contributed by atoms with Gasteiger partial charge in [-0.05, 0) is 50.5 Å². The van der Waals surface area contributed by atoms with Crippen molar-refractivity contribution in [1.29, 1.82) is 0 Å². The summed E-state index contributed by atoms with van der Waals surface area (Å²) in [6.45, 7) is 5.56. The van der Waals surface area contributed by atoms with E-state index in [1.165, 1.54) is 0 Å².